The van der Waals surface area contributed by atoms with Gasteiger partial charge in [-0.15, -0.1) is 0 Å². The van der Waals surface area contributed by atoms with E-state index < -0.39 is 32.7 Å². The van der Waals surface area contributed by atoms with Crippen molar-refractivity contribution in [3.05, 3.63) is 23.0 Å². The van der Waals surface area contributed by atoms with Crippen LogP contribution in [-0.4, -0.2) is 70.4 Å². The van der Waals surface area contributed by atoms with E-state index in [0.717, 1.165) is 12.1 Å². The average molecular weight is 448 g/mol. The summed E-state index contributed by atoms with van der Waals surface area (Å²) in [5.74, 6) is -1.58. The third-order valence-electron chi connectivity index (χ3n) is 4.90. The normalized spacial score (nSPS) is 18.9. The second kappa shape index (κ2) is 8.92. The molecule has 1 aromatic rings. The molecule has 4 N–H and O–H groups in total. The molecule has 2 fully saturated rings. The maximum absolute atomic E-state index is 14.2. The summed E-state index contributed by atoms with van der Waals surface area (Å²) in [4.78, 5) is 26.9. The zero-order chi connectivity index (χ0) is 21.2. The lowest BCUT2D eigenvalue weighted by Crippen LogP contribution is -2.56. The van der Waals surface area contributed by atoms with Gasteiger partial charge in [-0.05, 0) is 18.6 Å². The molecule has 160 valence electrons. The molecule has 0 aliphatic carbocycles. The van der Waals surface area contributed by atoms with E-state index in [1.165, 1.54) is 9.80 Å². The smallest absolute Gasteiger partial charge is 0.243 e. The topological polar surface area (TPSA) is 125 Å². The zero-order valence-electron chi connectivity index (χ0n) is 15.7. The van der Waals surface area contributed by atoms with Gasteiger partial charge in [-0.25, -0.2) is 12.8 Å². The molecule has 0 saturated carbocycles. The lowest BCUT2D eigenvalue weighted by Gasteiger charge is -2.30. The Kier molecular flexibility index (Phi) is 6.74. The fourth-order valence-corrected chi connectivity index (χ4v) is 5.22. The minimum atomic E-state index is -4.38. The maximum Gasteiger partial charge on any atom is 0.243 e. The molecule has 9 nitrogen and oxygen atoms in total. The molecule has 29 heavy (non-hydrogen) atoms. The van der Waals surface area contributed by atoms with Crippen LogP contribution in [0.15, 0.2) is 17.0 Å². The number of sulfonamides is 1. The van der Waals surface area contributed by atoms with Crippen LogP contribution in [-0.2, 0) is 19.6 Å². The van der Waals surface area contributed by atoms with Gasteiger partial charge in [0.1, 0.15) is 16.8 Å². The number of carbonyl (C=O) groups is 2. The Labute approximate surface area is 173 Å². The molecule has 1 aromatic carbocycles. The largest absolute Gasteiger partial charge is 0.339 e. The Bertz CT molecular complexity index is 907. The minimum Gasteiger partial charge on any atom is -0.339 e. The molecule has 0 bridgehead atoms. The lowest BCUT2D eigenvalue weighted by atomic mass is 10.2. The van der Waals surface area contributed by atoms with Gasteiger partial charge in [0.05, 0.1) is 10.7 Å². The van der Waals surface area contributed by atoms with Crippen molar-refractivity contribution in [3.8, 4) is 0 Å². The van der Waals surface area contributed by atoms with Gasteiger partial charge >= 0.3 is 0 Å². The predicted octanol–water partition coefficient (Wildman–Crippen LogP) is -0.357. The highest BCUT2D eigenvalue weighted by molar-refractivity contribution is 7.89. The van der Waals surface area contributed by atoms with E-state index >= 15 is 0 Å². The Morgan fingerprint density at radius 1 is 1.31 bits per heavy atom. The van der Waals surface area contributed by atoms with Gasteiger partial charge in [0.25, 0.3) is 0 Å². The Balaban J connectivity index is 1.89. The summed E-state index contributed by atoms with van der Waals surface area (Å²) in [5.41, 5.74) is 5.62. The summed E-state index contributed by atoms with van der Waals surface area (Å²) in [6.07, 6.45) is 0.849. The second-order valence-corrected chi connectivity index (χ2v) is 8.93. The second-order valence-electron chi connectivity index (χ2n) is 6.87. The molecule has 12 heteroatoms. The zero-order valence-corrected chi connectivity index (χ0v) is 17.2. The fourth-order valence-electron chi connectivity index (χ4n) is 3.40. The van der Waals surface area contributed by atoms with Gasteiger partial charge in [0.15, 0.2) is 0 Å². The summed E-state index contributed by atoms with van der Waals surface area (Å²) >= 11 is 6.25. The highest BCUT2D eigenvalue weighted by Crippen LogP contribution is 2.35. The van der Waals surface area contributed by atoms with Gasteiger partial charge in [-0.3, -0.25) is 9.59 Å². The highest BCUT2D eigenvalue weighted by Gasteiger charge is 2.33. The number of halogens is 2. The Morgan fingerprint density at radius 3 is 2.59 bits per heavy atom. The van der Waals surface area contributed by atoms with Crippen LogP contribution in [0, 0.1) is 5.82 Å². The quantitative estimate of drug-likeness (QED) is 0.547. The lowest BCUT2D eigenvalue weighted by molar-refractivity contribution is -0.133. The van der Waals surface area contributed by atoms with Crippen LogP contribution in [0.5, 0.6) is 0 Å². The average Bonchev–Trinajstić information content (AvgIpc) is 3.13. The first-order valence-corrected chi connectivity index (χ1v) is 11.1. The number of nitrogens with zero attached hydrogens (tertiary/aromatic N) is 2. The Hall–Kier alpha value is -1.79. The van der Waals surface area contributed by atoms with Crippen LogP contribution in [0.1, 0.15) is 12.8 Å². The summed E-state index contributed by atoms with van der Waals surface area (Å²) in [6, 6.07) is 0.573. The molecule has 2 heterocycles. The molecule has 2 amide bonds. The highest BCUT2D eigenvalue weighted by atomic mass is 35.5. The number of piperazine rings is 1. The first-order chi connectivity index (χ1) is 13.7. The molecule has 3 rings (SSSR count). The number of hydrogen-bond donors (Lipinski definition) is 3. The van der Waals surface area contributed by atoms with Crippen molar-refractivity contribution in [1.29, 1.82) is 0 Å². The van der Waals surface area contributed by atoms with Gasteiger partial charge in [0, 0.05) is 45.7 Å². The van der Waals surface area contributed by atoms with Crippen molar-refractivity contribution in [2.45, 2.75) is 23.8 Å². The van der Waals surface area contributed by atoms with Crippen LogP contribution >= 0.6 is 11.6 Å². The molecule has 0 radical (unpaired) electrons. The summed E-state index contributed by atoms with van der Waals surface area (Å²) in [6.45, 7) is 2.10. The van der Waals surface area contributed by atoms with E-state index in [9.17, 15) is 22.4 Å². The van der Waals surface area contributed by atoms with Crippen LogP contribution in [0.3, 0.4) is 0 Å². The van der Waals surface area contributed by atoms with E-state index in [2.05, 4.69) is 10.0 Å². The third-order valence-corrected chi connectivity index (χ3v) is 6.90. The molecule has 2 aliphatic rings. The van der Waals surface area contributed by atoms with Crippen LogP contribution < -0.4 is 20.7 Å². The van der Waals surface area contributed by atoms with Crippen molar-refractivity contribution in [2.24, 2.45) is 5.73 Å². The predicted molar refractivity (Wildman–Crippen MR) is 106 cm³/mol. The molecule has 2 saturated heterocycles. The standard InChI is InChI=1S/C17H23ClFN5O4S/c18-16-13(24-5-1-2-15(24)25)8-11(19)9-14(16)29(27,28)22-12(10-20)17(26)23-6-3-21-4-7-23/h8-9,12,21-22H,1-7,10,20H2/t12-/m0/s1. The van der Waals surface area contributed by atoms with Gasteiger partial charge in [0.2, 0.25) is 21.8 Å². The van der Waals surface area contributed by atoms with Gasteiger partial charge in [-0.2, -0.15) is 4.72 Å². The third kappa shape index (κ3) is 4.69. The van der Waals surface area contributed by atoms with E-state index in [4.69, 9.17) is 17.3 Å². The molecule has 0 aromatic heterocycles. The van der Waals surface area contributed by atoms with Crippen LogP contribution in [0.4, 0.5) is 10.1 Å². The number of nitrogens with one attached hydrogen (secondary N) is 2. The number of carbonyl (C=O) groups excluding carboxylic acids is 2. The molecule has 1 atom stereocenters. The van der Waals surface area contributed by atoms with E-state index in [1.54, 1.807) is 0 Å². The van der Waals surface area contributed by atoms with E-state index in [0.29, 0.717) is 39.1 Å². The summed E-state index contributed by atoms with van der Waals surface area (Å²) in [5, 5.41) is 2.82. The number of amides is 2. The maximum atomic E-state index is 14.2. The van der Waals surface area contributed by atoms with Crippen molar-refractivity contribution in [3.63, 3.8) is 0 Å². The summed E-state index contributed by atoms with van der Waals surface area (Å²) < 4.78 is 42.2. The van der Waals surface area contributed by atoms with Crippen molar-refractivity contribution in [2.75, 3.05) is 44.2 Å². The number of rotatable bonds is 6. The SMILES string of the molecule is NC[C@H](NS(=O)(=O)c1cc(F)cc(N2CCCC2=O)c1Cl)C(=O)N1CCNCC1. The number of hydrogen-bond acceptors (Lipinski definition) is 6. The fraction of sp³-hybridized carbons (Fsp3) is 0.529. The van der Waals surface area contributed by atoms with Crippen molar-refractivity contribution in [1.82, 2.24) is 14.9 Å². The van der Waals surface area contributed by atoms with Crippen molar-refractivity contribution < 1.29 is 22.4 Å². The number of anilines is 1. The molecule has 0 unspecified atom stereocenters. The monoisotopic (exact) mass is 447 g/mol. The first-order valence-electron chi connectivity index (χ1n) is 9.26. The molecule has 0 spiro atoms. The van der Waals surface area contributed by atoms with Gasteiger partial charge in [-0.1, -0.05) is 11.6 Å². The molecular formula is C17H23ClFN5O4S. The number of benzene rings is 1. The molecule has 2 aliphatic heterocycles. The number of nitrogens with two attached hydrogens (primary N) is 1. The minimum absolute atomic E-state index is 0.00716. The Morgan fingerprint density at radius 2 is 2.00 bits per heavy atom. The van der Waals surface area contributed by atoms with E-state index in [-0.39, 0.29) is 29.6 Å². The first kappa shape index (κ1) is 21.9. The summed E-state index contributed by atoms with van der Waals surface area (Å²) in [7, 11) is -4.38. The molecular weight excluding hydrogens is 425 g/mol. The van der Waals surface area contributed by atoms with Gasteiger partial charge < -0.3 is 20.9 Å². The van der Waals surface area contributed by atoms with Crippen LogP contribution in [0.25, 0.3) is 0 Å². The van der Waals surface area contributed by atoms with Crippen molar-refractivity contribution >= 4 is 39.1 Å². The van der Waals surface area contributed by atoms with E-state index in [1.807, 2.05) is 0 Å². The van der Waals surface area contributed by atoms with Crippen LogP contribution in [0.2, 0.25) is 5.02 Å².